The normalized spacial score (nSPS) is 28.1. The molecule has 0 aromatic heterocycles. The van der Waals surface area contributed by atoms with Gasteiger partial charge in [0.25, 0.3) is 0 Å². The molecule has 0 amide bonds. The predicted molar refractivity (Wildman–Crippen MR) is 230 cm³/mol. The monoisotopic (exact) mass is 765 g/mol. The van der Waals surface area contributed by atoms with Crippen LogP contribution in [-0.4, -0.2) is 43.7 Å². The second kappa shape index (κ2) is 16.2. The number of benzene rings is 4. The van der Waals surface area contributed by atoms with Gasteiger partial charge in [-0.15, -0.1) is 0 Å². The van der Waals surface area contributed by atoms with E-state index < -0.39 is 0 Å². The summed E-state index contributed by atoms with van der Waals surface area (Å²) in [6.45, 7) is 10.0. The standard InChI is InChI=1S/C32H35NO2.C20H28O2/c1-2-31-18-19-32(34-20-21-35-32)23-27(31)15-9-14-26-22-28(16-17-29(26)31)33-30(24-10-5-3-6-11-24)25-12-7-4-8-13-25;1-3-19-9-10-20(21-11-12-22-20)14-17(19)6-4-5-16-13-15(2)7-8-18(16)19/h3-8,10-13,16-17,22,27H,2,9,14-15,18-21,23H2,1H3;7-8,13,17H,3-6,9-12,14H2,1-2H3/t27-,31+;17-,19+/m00/s1. The van der Waals surface area contributed by atoms with E-state index >= 15 is 0 Å². The third-order valence-corrected chi connectivity index (χ3v) is 15.2. The minimum atomic E-state index is -0.321. The van der Waals surface area contributed by atoms with E-state index in [9.17, 15) is 0 Å². The molecule has 57 heavy (non-hydrogen) atoms. The smallest absolute Gasteiger partial charge is 0.168 e. The second-order valence-corrected chi connectivity index (χ2v) is 18.0. The van der Waals surface area contributed by atoms with E-state index in [1.807, 2.05) is 0 Å². The molecule has 4 fully saturated rings. The van der Waals surface area contributed by atoms with E-state index in [1.54, 1.807) is 16.7 Å². The largest absolute Gasteiger partial charge is 0.348 e. The van der Waals surface area contributed by atoms with Crippen LogP contribution in [0.15, 0.2) is 102 Å². The van der Waals surface area contributed by atoms with Crippen molar-refractivity contribution < 1.29 is 18.9 Å². The molecule has 10 rings (SSSR count). The summed E-state index contributed by atoms with van der Waals surface area (Å²) in [6.07, 6.45) is 16.4. The first-order valence-electron chi connectivity index (χ1n) is 22.4. The number of hydrogen-bond donors (Lipinski definition) is 0. The molecule has 4 aromatic carbocycles. The van der Waals surface area contributed by atoms with Crippen LogP contribution in [0.3, 0.4) is 0 Å². The summed E-state index contributed by atoms with van der Waals surface area (Å²) in [5, 5.41) is 0. The molecule has 0 unspecified atom stereocenters. The van der Waals surface area contributed by atoms with Crippen LogP contribution in [0.2, 0.25) is 0 Å². The molecule has 2 spiro atoms. The summed E-state index contributed by atoms with van der Waals surface area (Å²) in [5.74, 6) is 0.740. The summed E-state index contributed by atoms with van der Waals surface area (Å²) in [7, 11) is 0. The second-order valence-electron chi connectivity index (χ2n) is 18.0. The van der Waals surface area contributed by atoms with Crippen LogP contribution in [0.4, 0.5) is 5.69 Å². The average Bonchev–Trinajstić information content (AvgIpc) is 3.84. The van der Waals surface area contributed by atoms with Gasteiger partial charge in [0.1, 0.15) is 0 Å². The zero-order chi connectivity index (χ0) is 38.9. The third kappa shape index (κ3) is 7.37. The zero-order valence-electron chi connectivity index (χ0n) is 34.7. The molecule has 6 aliphatic rings. The number of nitrogens with zero attached hydrogens (tertiary/aromatic N) is 1. The summed E-state index contributed by atoms with van der Waals surface area (Å²) in [6, 6.07) is 35.3. The lowest BCUT2D eigenvalue weighted by molar-refractivity contribution is -0.199. The van der Waals surface area contributed by atoms with Crippen molar-refractivity contribution in [1.82, 2.24) is 0 Å². The summed E-state index contributed by atoms with van der Waals surface area (Å²) < 4.78 is 24.4. The fourth-order valence-corrected chi connectivity index (χ4v) is 12.3. The van der Waals surface area contributed by atoms with Gasteiger partial charge in [-0.1, -0.05) is 104 Å². The maximum Gasteiger partial charge on any atom is 0.168 e. The van der Waals surface area contributed by atoms with Crippen molar-refractivity contribution in [3.63, 3.8) is 0 Å². The lowest BCUT2D eigenvalue weighted by Crippen LogP contribution is -2.48. The highest BCUT2D eigenvalue weighted by Crippen LogP contribution is 2.57. The van der Waals surface area contributed by atoms with Gasteiger partial charge in [0.05, 0.1) is 37.8 Å². The van der Waals surface area contributed by atoms with Gasteiger partial charge in [-0.2, -0.15) is 0 Å². The van der Waals surface area contributed by atoms with E-state index in [4.69, 9.17) is 23.9 Å². The Morgan fingerprint density at radius 2 is 1.05 bits per heavy atom. The van der Waals surface area contributed by atoms with Crippen LogP contribution in [-0.2, 0) is 42.6 Å². The van der Waals surface area contributed by atoms with E-state index in [-0.39, 0.29) is 17.0 Å². The predicted octanol–water partition coefficient (Wildman–Crippen LogP) is 11.9. The van der Waals surface area contributed by atoms with Gasteiger partial charge in [-0.25, -0.2) is 4.99 Å². The first-order chi connectivity index (χ1) is 27.9. The van der Waals surface area contributed by atoms with E-state index in [0.29, 0.717) is 17.3 Å². The van der Waals surface area contributed by atoms with Crippen LogP contribution >= 0.6 is 0 Å². The highest BCUT2D eigenvalue weighted by atomic mass is 16.7. The molecule has 4 atom stereocenters. The average molecular weight is 766 g/mol. The number of aryl methyl sites for hydroxylation is 3. The van der Waals surface area contributed by atoms with Gasteiger partial charge < -0.3 is 18.9 Å². The summed E-state index contributed by atoms with van der Waals surface area (Å²) >= 11 is 0. The Labute approximate surface area is 341 Å². The number of rotatable bonds is 5. The van der Waals surface area contributed by atoms with Crippen LogP contribution in [0.25, 0.3) is 0 Å². The van der Waals surface area contributed by atoms with Crippen molar-refractivity contribution in [3.05, 3.63) is 136 Å². The molecule has 300 valence electrons. The highest BCUT2D eigenvalue weighted by molar-refractivity contribution is 6.13. The maximum absolute atomic E-state index is 6.16. The fraction of sp³-hybridized carbons (Fsp3) is 0.519. The molecule has 4 aromatic rings. The fourth-order valence-electron chi connectivity index (χ4n) is 12.3. The van der Waals surface area contributed by atoms with Gasteiger partial charge in [0.2, 0.25) is 0 Å². The molecule has 5 heteroatoms. The molecule has 2 saturated carbocycles. The number of aliphatic imine (C=N–C) groups is 1. The Morgan fingerprint density at radius 3 is 1.54 bits per heavy atom. The van der Waals surface area contributed by atoms with Crippen molar-refractivity contribution in [3.8, 4) is 0 Å². The first-order valence-corrected chi connectivity index (χ1v) is 22.4. The third-order valence-electron chi connectivity index (χ3n) is 15.2. The van der Waals surface area contributed by atoms with Gasteiger partial charge >= 0.3 is 0 Å². The summed E-state index contributed by atoms with van der Waals surface area (Å²) in [5.41, 5.74) is 12.6. The van der Waals surface area contributed by atoms with Crippen molar-refractivity contribution in [1.29, 1.82) is 0 Å². The Balaban J connectivity index is 0.000000165. The molecule has 2 aliphatic heterocycles. The zero-order valence-corrected chi connectivity index (χ0v) is 34.7. The maximum atomic E-state index is 6.16. The van der Waals surface area contributed by atoms with Crippen LogP contribution in [0.5, 0.6) is 0 Å². The number of ether oxygens (including phenoxy) is 4. The Kier molecular flexibility index (Phi) is 11.1. The topological polar surface area (TPSA) is 49.3 Å². The van der Waals surface area contributed by atoms with Gasteiger partial charge in [-0.3, -0.25) is 0 Å². The SMILES string of the molecule is CC[C@@]12CCC3(C[C@@H]1CCCc1cc(C)ccc12)OCCO3.CC[C@@]12CCC3(C[C@@H]1CCCc1cc(N=C(c4ccccc4)c4ccccc4)ccc12)OCCO3. The Hall–Kier alpha value is -3.61. The molecule has 0 radical (unpaired) electrons. The highest BCUT2D eigenvalue weighted by Gasteiger charge is 2.54. The van der Waals surface area contributed by atoms with Crippen molar-refractivity contribution in [2.75, 3.05) is 26.4 Å². The Bertz CT molecular complexity index is 1990. The summed E-state index contributed by atoms with van der Waals surface area (Å²) in [4.78, 5) is 5.22. The molecular weight excluding hydrogens is 703 g/mol. The molecule has 2 saturated heterocycles. The van der Waals surface area contributed by atoms with E-state index in [2.05, 4.69) is 118 Å². The van der Waals surface area contributed by atoms with Crippen molar-refractivity contribution in [2.45, 2.75) is 133 Å². The van der Waals surface area contributed by atoms with Gasteiger partial charge in [0.15, 0.2) is 11.6 Å². The Morgan fingerprint density at radius 1 is 0.579 bits per heavy atom. The number of fused-ring (bicyclic) bond motifs is 6. The lowest BCUT2D eigenvalue weighted by Gasteiger charge is -2.49. The van der Waals surface area contributed by atoms with E-state index in [1.165, 1.54) is 62.5 Å². The molecule has 5 nitrogen and oxygen atoms in total. The lowest BCUT2D eigenvalue weighted by atomic mass is 9.59. The molecule has 2 heterocycles. The minimum Gasteiger partial charge on any atom is -0.348 e. The molecular formula is C52H63NO4. The van der Waals surface area contributed by atoms with Crippen LogP contribution in [0.1, 0.15) is 130 Å². The van der Waals surface area contributed by atoms with Gasteiger partial charge in [-0.05, 0) is 128 Å². The van der Waals surface area contributed by atoms with Crippen LogP contribution < -0.4 is 0 Å². The number of hydrogen-bond acceptors (Lipinski definition) is 5. The molecule has 4 aliphatic carbocycles. The molecule has 0 N–H and O–H groups in total. The minimum absolute atomic E-state index is 0.219. The van der Waals surface area contributed by atoms with Crippen molar-refractivity contribution in [2.24, 2.45) is 16.8 Å². The quantitative estimate of drug-likeness (QED) is 0.190. The van der Waals surface area contributed by atoms with Crippen molar-refractivity contribution >= 4 is 11.4 Å². The molecule has 0 bridgehead atoms. The first kappa shape index (κ1) is 38.9. The van der Waals surface area contributed by atoms with E-state index in [0.717, 1.165) is 87.5 Å². The van der Waals surface area contributed by atoms with Gasteiger partial charge in [0, 0.05) is 36.8 Å². The van der Waals surface area contributed by atoms with Crippen LogP contribution in [0, 0.1) is 18.8 Å².